The van der Waals surface area contributed by atoms with Crippen molar-refractivity contribution in [3.8, 4) is 0 Å². The van der Waals surface area contributed by atoms with Gasteiger partial charge in [0.1, 0.15) is 11.6 Å². The Labute approximate surface area is 152 Å². The standard InChI is InChI=1S/C18H25N5OS/c1-13(2)18-20-14(3)12-15(21-18)22-7-9-23(10-8-22)17(24)5-4-16-19-6-11-25-16/h6,11-13H,4-5,7-10H2,1-3H3. The van der Waals surface area contributed by atoms with Gasteiger partial charge in [-0.3, -0.25) is 4.79 Å². The first kappa shape index (κ1) is 17.8. The van der Waals surface area contributed by atoms with Crippen LogP contribution in [0.15, 0.2) is 17.6 Å². The molecule has 0 aromatic carbocycles. The average Bonchev–Trinajstić information content (AvgIpc) is 3.13. The van der Waals surface area contributed by atoms with E-state index in [1.165, 1.54) is 0 Å². The minimum absolute atomic E-state index is 0.219. The minimum atomic E-state index is 0.219. The zero-order chi connectivity index (χ0) is 17.8. The number of carbonyl (C=O) groups excluding carboxylic acids is 1. The summed E-state index contributed by atoms with van der Waals surface area (Å²) >= 11 is 1.61. The lowest BCUT2D eigenvalue weighted by Crippen LogP contribution is -2.49. The monoisotopic (exact) mass is 359 g/mol. The van der Waals surface area contributed by atoms with Crippen molar-refractivity contribution in [2.45, 2.75) is 39.5 Å². The first-order valence-electron chi connectivity index (χ1n) is 8.79. The summed E-state index contributed by atoms with van der Waals surface area (Å²) in [6, 6.07) is 2.03. The number of hydrogen-bond donors (Lipinski definition) is 0. The van der Waals surface area contributed by atoms with Gasteiger partial charge in [0.05, 0.1) is 5.01 Å². The number of carbonyl (C=O) groups is 1. The van der Waals surface area contributed by atoms with Crippen LogP contribution in [0, 0.1) is 6.92 Å². The summed E-state index contributed by atoms with van der Waals surface area (Å²) in [5.74, 6) is 2.40. The van der Waals surface area contributed by atoms with Crippen molar-refractivity contribution in [2.24, 2.45) is 0 Å². The lowest BCUT2D eigenvalue weighted by molar-refractivity contribution is -0.131. The summed E-state index contributed by atoms with van der Waals surface area (Å²) < 4.78 is 0. The number of aryl methyl sites for hydroxylation is 2. The van der Waals surface area contributed by atoms with Gasteiger partial charge in [0.25, 0.3) is 0 Å². The Bertz CT molecular complexity index is 708. The maximum absolute atomic E-state index is 12.4. The zero-order valence-corrected chi connectivity index (χ0v) is 15.9. The summed E-state index contributed by atoms with van der Waals surface area (Å²) in [5, 5.41) is 2.98. The highest BCUT2D eigenvalue weighted by molar-refractivity contribution is 7.09. The van der Waals surface area contributed by atoms with Gasteiger partial charge >= 0.3 is 0 Å². The van der Waals surface area contributed by atoms with Gasteiger partial charge < -0.3 is 9.80 Å². The molecular formula is C18H25N5OS. The highest BCUT2D eigenvalue weighted by Crippen LogP contribution is 2.19. The fraction of sp³-hybridized carbons (Fsp3) is 0.556. The molecule has 1 fully saturated rings. The van der Waals surface area contributed by atoms with Crippen LogP contribution in [0.3, 0.4) is 0 Å². The molecule has 1 saturated heterocycles. The number of nitrogens with zero attached hydrogens (tertiary/aromatic N) is 5. The van der Waals surface area contributed by atoms with Crippen molar-refractivity contribution < 1.29 is 4.79 Å². The smallest absolute Gasteiger partial charge is 0.223 e. The normalized spacial score (nSPS) is 15.0. The fourth-order valence-electron chi connectivity index (χ4n) is 2.93. The van der Waals surface area contributed by atoms with Gasteiger partial charge in [0.2, 0.25) is 5.91 Å². The highest BCUT2D eigenvalue weighted by atomic mass is 32.1. The van der Waals surface area contributed by atoms with Gasteiger partial charge in [-0.2, -0.15) is 0 Å². The van der Waals surface area contributed by atoms with Crippen LogP contribution in [0.5, 0.6) is 0 Å². The summed E-state index contributed by atoms with van der Waals surface area (Å²) in [4.78, 5) is 30.1. The number of aromatic nitrogens is 3. The zero-order valence-electron chi connectivity index (χ0n) is 15.1. The molecule has 2 aromatic heterocycles. The maximum atomic E-state index is 12.4. The molecule has 0 N–H and O–H groups in total. The molecule has 2 aromatic rings. The molecule has 1 aliphatic rings. The van der Waals surface area contributed by atoms with Gasteiger partial charge in [-0.15, -0.1) is 11.3 Å². The third-order valence-corrected chi connectivity index (χ3v) is 5.21. The van der Waals surface area contributed by atoms with Gasteiger partial charge in [0, 0.05) is 68.3 Å². The molecule has 134 valence electrons. The number of hydrogen-bond acceptors (Lipinski definition) is 6. The van der Waals surface area contributed by atoms with Crippen LogP contribution in [-0.4, -0.2) is 51.9 Å². The molecule has 3 rings (SSSR count). The Morgan fingerprint density at radius 2 is 2.00 bits per heavy atom. The Morgan fingerprint density at radius 1 is 1.24 bits per heavy atom. The van der Waals surface area contributed by atoms with Crippen molar-refractivity contribution in [1.29, 1.82) is 0 Å². The molecule has 0 aliphatic carbocycles. The molecule has 0 bridgehead atoms. The van der Waals surface area contributed by atoms with Crippen LogP contribution >= 0.6 is 11.3 Å². The molecule has 1 aliphatic heterocycles. The van der Waals surface area contributed by atoms with Crippen molar-refractivity contribution >= 4 is 23.1 Å². The second-order valence-electron chi connectivity index (χ2n) is 6.67. The largest absolute Gasteiger partial charge is 0.353 e. The van der Waals surface area contributed by atoms with Crippen LogP contribution in [0.25, 0.3) is 0 Å². The van der Waals surface area contributed by atoms with E-state index in [4.69, 9.17) is 4.98 Å². The van der Waals surface area contributed by atoms with Crippen molar-refractivity contribution in [3.63, 3.8) is 0 Å². The third-order valence-electron chi connectivity index (χ3n) is 4.37. The van der Waals surface area contributed by atoms with Gasteiger partial charge in [-0.25, -0.2) is 15.0 Å². The van der Waals surface area contributed by atoms with Crippen LogP contribution in [0.1, 0.15) is 42.7 Å². The molecule has 0 atom stereocenters. The van der Waals surface area contributed by atoms with Crippen molar-refractivity contribution in [3.05, 3.63) is 34.2 Å². The van der Waals surface area contributed by atoms with E-state index in [9.17, 15) is 4.79 Å². The SMILES string of the molecule is Cc1cc(N2CCN(C(=O)CCc3nccs3)CC2)nc(C(C)C)n1. The lowest BCUT2D eigenvalue weighted by atomic mass is 10.2. The molecule has 7 heteroatoms. The van der Waals surface area contributed by atoms with Crippen LogP contribution in [0.4, 0.5) is 5.82 Å². The molecule has 0 radical (unpaired) electrons. The molecular weight excluding hydrogens is 334 g/mol. The highest BCUT2D eigenvalue weighted by Gasteiger charge is 2.22. The molecule has 25 heavy (non-hydrogen) atoms. The predicted molar refractivity (Wildman–Crippen MR) is 100 cm³/mol. The maximum Gasteiger partial charge on any atom is 0.223 e. The average molecular weight is 359 g/mol. The second-order valence-corrected chi connectivity index (χ2v) is 7.65. The third kappa shape index (κ3) is 4.54. The first-order valence-corrected chi connectivity index (χ1v) is 9.67. The Balaban J connectivity index is 1.55. The van der Waals surface area contributed by atoms with Crippen LogP contribution < -0.4 is 4.90 Å². The number of amides is 1. The predicted octanol–water partition coefficient (Wildman–Crippen LogP) is 2.65. The first-order chi connectivity index (χ1) is 12.0. The molecule has 1 amide bonds. The minimum Gasteiger partial charge on any atom is -0.353 e. The van der Waals surface area contributed by atoms with Crippen molar-refractivity contribution in [1.82, 2.24) is 19.9 Å². The van der Waals surface area contributed by atoms with E-state index in [2.05, 4.69) is 28.7 Å². The summed E-state index contributed by atoms with van der Waals surface area (Å²) in [6.07, 6.45) is 3.07. The number of thiazole rings is 1. The quantitative estimate of drug-likeness (QED) is 0.821. The van der Waals surface area contributed by atoms with E-state index in [1.54, 1.807) is 17.5 Å². The molecule has 0 unspecified atom stereocenters. The number of anilines is 1. The summed E-state index contributed by atoms with van der Waals surface area (Å²) in [7, 11) is 0. The van der Waals surface area contributed by atoms with Crippen LogP contribution in [-0.2, 0) is 11.2 Å². The molecule has 0 saturated carbocycles. The topological polar surface area (TPSA) is 62.2 Å². The Kier molecular flexibility index (Phi) is 5.63. The van der Waals surface area contributed by atoms with E-state index in [0.717, 1.165) is 54.9 Å². The van der Waals surface area contributed by atoms with E-state index in [1.807, 2.05) is 23.3 Å². The Morgan fingerprint density at radius 3 is 2.64 bits per heavy atom. The Hall–Kier alpha value is -2.02. The summed E-state index contributed by atoms with van der Waals surface area (Å²) in [6.45, 7) is 9.35. The number of rotatable bonds is 5. The van der Waals surface area contributed by atoms with E-state index in [-0.39, 0.29) is 5.91 Å². The lowest BCUT2D eigenvalue weighted by Gasteiger charge is -2.35. The van der Waals surface area contributed by atoms with E-state index < -0.39 is 0 Å². The van der Waals surface area contributed by atoms with Crippen LogP contribution in [0.2, 0.25) is 0 Å². The van der Waals surface area contributed by atoms with E-state index in [0.29, 0.717) is 12.3 Å². The number of piperazine rings is 1. The second kappa shape index (κ2) is 7.91. The van der Waals surface area contributed by atoms with Crippen molar-refractivity contribution in [2.75, 3.05) is 31.1 Å². The molecule has 3 heterocycles. The fourth-order valence-corrected chi connectivity index (χ4v) is 3.55. The van der Waals surface area contributed by atoms with E-state index >= 15 is 0 Å². The molecule has 0 spiro atoms. The van der Waals surface area contributed by atoms with Gasteiger partial charge in [-0.1, -0.05) is 13.8 Å². The molecule has 6 nitrogen and oxygen atoms in total. The van der Waals surface area contributed by atoms with Gasteiger partial charge in [-0.05, 0) is 6.92 Å². The van der Waals surface area contributed by atoms with Gasteiger partial charge in [0.15, 0.2) is 0 Å². The summed E-state index contributed by atoms with van der Waals surface area (Å²) in [5.41, 5.74) is 0.996.